The van der Waals surface area contributed by atoms with E-state index in [1.54, 1.807) is 30.9 Å². The second kappa shape index (κ2) is 8.31. The standard InChI is InChI=1S/C19H26N2O5/c1-4-16(22)21(15-8-6-5-7-9-15)19(18(25)26-3)10-12-20(13-11-19)14(2)17(23)24/h5-9,14H,4,10-13H2,1-3H3,(H,23,24). The van der Waals surface area contributed by atoms with Gasteiger partial charge in [-0.2, -0.15) is 0 Å². The molecule has 1 heterocycles. The van der Waals surface area contributed by atoms with E-state index >= 15 is 0 Å². The molecule has 1 atom stereocenters. The predicted octanol–water partition coefficient (Wildman–Crippen LogP) is 1.91. The highest BCUT2D eigenvalue weighted by Gasteiger charge is 2.50. The molecular formula is C19H26N2O5. The quantitative estimate of drug-likeness (QED) is 0.778. The van der Waals surface area contributed by atoms with Crippen LogP contribution in [0.3, 0.4) is 0 Å². The Labute approximate surface area is 153 Å². The molecular weight excluding hydrogens is 336 g/mol. The number of anilines is 1. The van der Waals surface area contributed by atoms with Crippen molar-refractivity contribution in [2.75, 3.05) is 25.1 Å². The Morgan fingerprint density at radius 1 is 1.23 bits per heavy atom. The minimum Gasteiger partial charge on any atom is -0.480 e. The van der Waals surface area contributed by atoms with Gasteiger partial charge in [0.15, 0.2) is 0 Å². The normalized spacial score (nSPS) is 18.0. The van der Waals surface area contributed by atoms with Gasteiger partial charge in [-0.05, 0) is 31.9 Å². The summed E-state index contributed by atoms with van der Waals surface area (Å²) in [6, 6.07) is 8.43. The number of piperidine rings is 1. The summed E-state index contributed by atoms with van der Waals surface area (Å²) in [5.41, 5.74) is -0.484. The van der Waals surface area contributed by atoms with Crippen molar-refractivity contribution >= 4 is 23.5 Å². The molecule has 0 spiro atoms. The van der Waals surface area contributed by atoms with Gasteiger partial charge in [0.25, 0.3) is 0 Å². The molecule has 1 saturated heterocycles. The van der Waals surface area contributed by atoms with E-state index in [0.29, 0.717) is 31.6 Å². The number of carboxylic acids is 1. The van der Waals surface area contributed by atoms with Gasteiger partial charge in [-0.15, -0.1) is 0 Å². The van der Waals surface area contributed by atoms with Gasteiger partial charge < -0.3 is 9.84 Å². The zero-order chi connectivity index (χ0) is 19.3. The highest BCUT2D eigenvalue weighted by Crippen LogP contribution is 2.35. The fourth-order valence-corrected chi connectivity index (χ4v) is 3.51. The highest BCUT2D eigenvalue weighted by molar-refractivity contribution is 6.02. The molecule has 1 fully saturated rings. The summed E-state index contributed by atoms with van der Waals surface area (Å²) < 4.78 is 5.07. The van der Waals surface area contributed by atoms with Gasteiger partial charge in [0.05, 0.1) is 7.11 Å². The molecule has 1 amide bonds. The van der Waals surface area contributed by atoms with Crippen LogP contribution in [0.1, 0.15) is 33.1 Å². The Kier molecular flexibility index (Phi) is 6.37. The van der Waals surface area contributed by atoms with Crippen LogP contribution in [0.2, 0.25) is 0 Å². The second-order valence-electron chi connectivity index (χ2n) is 6.49. The van der Waals surface area contributed by atoms with E-state index in [1.807, 2.05) is 23.1 Å². The van der Waals surface area contributed by atoms with E-state index in [0.717, 1.165) is 0 Å². The van der Waals surface area contributed by atoms with Crippen molar-refractivity contribution in [2.24, 2.45) is 0 Å². The molecule has 0 saturated carbocycles. The number of amides is 1. The van der Waals surface area contributed by atoms with Gasteiger partial charge in [-0.1, -0.05) is 25.1 Å². The predicted molar refractivity (Wildman–Crippen MR) is 96.9 cm³/mol. The Morgan fingerprint density at radius 3 is 2.27 bits per heavy atom. The summed E-state index contributed by atoms with van der Waals surface area (Å²) in [7, 11) is 1.32. The third kappa shape index (κ3) is 3.72. The number of carboxylic acid groups (broad SMARTS) is 1. The van der Waals surface area contributed by atoms with Crippen molar-refractivity contribution in [1.29, 1.82) is 0 Å². The van der Waals surface area contributed by atoms with Crippen molar-refractivity contribution in [3.8, 4) is 0 Å². The molecule has 7 heteroatoms. The van der Waals surface area contributed by atoms with E-state index in [2.05, 4.69) is 0 Å². The topological polar surface area (TPSA) is 87.2 Å². The Bertz CT molecular complexity index is 653. The summed E-state index contributed by atoms with van der Waals surface area (Å²) in [6.45, 7) is 4.16. The van der Waals surface area contributed by atoms with Gasteiger partial charge in [-0.25, -0.2) is 4.79 Å². The largest absolute Gasteiger partial charge is 0.480 e. The fraction of sp³-hybridized carbons (Fsp3) is 0.526. The first-order valence-corrected chi connectivity index (χ1v) is 8.80. The Balaban J connectivity index is 2.41. The lowest BCUT2D eigenvalue weighted by molar-refractivity contribution is -0.152. The molecule has 0 bridgehead atoms. The van der Waals surface area contributed by atoms with Crippen LogP contribution < -0.4 is 4.90 Å². The Morgan fingerprint density at radius 2 is 1.81 bits per heavy atom. The van der Waals surface area contributed by atoms with Gasteiger partial charge >= 0.3 is 11.9 Å². The lowest BCUT2D eigenvalue weighted by Gasteiger charge is -2.47. The minimum absolute atomic E-state index is 0.165. The molecule has 0 aliphatic carbocycles. The van der Waals surface area contributed by atoms with Gasteiger partial charge in [-0.3, -0.25) is 19.4 Å². The summed E-state index contributed by atoms with van der Waals surface area (Å²) in [4.78, 5) is 40.2. The molecule has 1 aliphatic heterocycles. The third-order valence-corrected chi connectivity index (χ3v) is 5.09. The lowest BCUT2D eigenvalue weighted by atomic mass is 9.84. The number of hydrogen-bond acceptors (Lipinski definition) is 5. The van der Waals surface area contributed by atoms with E-state index in [4.69, 9.17) is 4.74 Å². The van der Waals surface area contributed by atoms with Crippen LogP contribution in [0, 0.1) is 0 Å². The fourth-order valence-electron chi connectivity index (χ4n) is 3.51. The number of methoxy groups -OCH3 is 1. The third-order valence-electron chi connectivity index (χ3n) is 5.09. The first kappa shape index (κ1) is 19.9. The molecule has 1 aliphatic rings. The number of benzene rings is 1. The molecule has 1 N–H and O–H groups in total. The number of nitrogens with zero attached hydrogens (tertiary/aromatic N) is 2. The molecule has 1 unspecified atom stereocenters. The number of likely N-dealkylation sites (tertiary alicyclic amines) is 1. The summed E-state index contributed by atoms with van der Waals surface area (Å²) in [6.07, 6.45) is 0.888. The van der Waals surface area contributed by atoms with E-state index in [9.17, 15) is 19.5 Å². The number of rotatable bonds is 6. The van der Waals surface area contributed by atoms with Crippen molar-refractivity contribution < 1.29 is 24.2 Å². The number of aliphatic carboxylic acids is 1. The number of esters is 1. The van der Waals surface area contributed by atoms with Crippen LogP contribution in [0.15, 0.2) is 30.3 Å². The number of carbonyl (C=O) groups is 3. The zero-order valence-corrected chi connectivity index (χ0v) is 15.5. The maximum absolute atomic E-state index is 12.8. The molecule has 1 aromatic carbocycles. The molecule has 7 nitrogen and oxygen atoms in total. The second-order valence-corrected chi connectivity index (χ2v) is 6.49. The molecule has 0 aromatic heterocycles. The van der Waals surface area contributed by atoms with Crippen molar-refractivity contribution in [1.82, 2.24) is 4.90 Å². The zero-order valence-electron chi connectivity index (χ0n) is 15.5. The van der Waals surface area contributed by atoms with Gasteiger partial charge in [0, 0.05) is 25.2 Å². The van der Waals surface area contributed by atoms with Crippen LogP contribution >= 0.6 is 0 Å². The molecule has 0 radical (unpaired) electrons. The molecule has 142 valence electrons. The van der Waals surface area contributed by atoms with Crippen molar-refractivity contribution in [3.63, 3.8) is 0 Å². The van der Waals surface area contributed by atoms with E-state index < -0.39 is 23.5 Å². The summed E-state index contributed by atoms with van der Waals surface area (Å²) >= 11 is 0. The SMILES string of the molecule is CCC(=O)N(c1ccccc1)C1(C(=O)OC)CCN(C(C)C(=O)O)CC1. The number of hydrogen-bond donors (Lipinski definition) is 1. The maximum atomic E-state index is 12.8. The first-order chi connectivity index (χ1) is 12.4. The Hall–Kier alpha value is -2.41. The number of ether oxygens (including phenoxy) is 1. The number of carbonyl (C=O) groups excluding carboxylic acids is 2. The smallest absolute Gasteiger partial charge is 0.332 e. The molecule has 26 heavy (non-hydrogen) atoms. The van der Waals surface area contributed by atoms with Crippen LogP contribution in [0.5, 0.6) is 0 Å². The van der Waals surface area contributed by atoms with Crippen LogP contribution in [0.4, 0.5) is 5.69 Å². The highest BCUT2D eigenvalue weighted by atomic mass is 16.5. The maximum Gasteiger partial charge on any atom is 0.332 e. The molecule has 1 aromatic rings. The minimum atomic E-state index is -1.13. The first-order valence-electron chi connectivity index (χ1n) is 8.80. The summed E-state index contributed by atoms with van der Waals surface area (Å²) in [5.74, 6) is -1.53. The number of para-hydroxylation sites is 1. The van der Waals surface area contributed by atoms with Crippen molar-refractivity contribution in [3.05, 3.63) is 30.3 Å². The van der Waals surface area contributed by atoms with Gasteiger partial charge in [0.2, 0.25) is 5.91 Å². The van der Waals surface area contributed by atoms with Crippen LogP contribution in [0.25, 0.3) is 0 Å². The monoisotopic (exact) mass is 362 g/mol. The average molecular weight is 362 g/mol. The molecule has 2 rings (SSSR count). The lowest BCUT2D eigenvalue weighted by Crippen LogP contribution is -2.63. The van der Waals surface area contributed by atoms with Gasteiger partial charge in [0.1, 0.15) is 11.6 Å². The van der Waals surface area contributed by atoms with E-state index in [1.165, 1.54) is 7.11 Å². The summed E-state index contributed by atoms with van der Waals surface area (Å²) in [5, 5.41) is 9.24. The van der Waals surface area contributed by atoms with E-state index in [-0.39, 0.29) is 12.3 Å². The average Bonchev–Trinajstić information content (AvgIpc) is 2.67. The van der Waals surface area contributed by atoms with Crippen LogP contribution in [-0.4, -0.2) is 59.6 Å². The van der Waals surface area contributed by atoms with Crippen molar-refractivity contribution in [2.45, 2.75) is 44.7 Å². The van der Waals surface area contributed by atoms with Crippen LogP contribution in [-0.2, 0) is 19.1 Å².